The fraction of sp³-hybridized carbons (Fsp3) is 0.267. The van der Waals surface area contributed by atoms with Gasteiger partial charge in [-0.05, 0) is 56.7 Å². The molecule has 0 fully saturated rings. The lowest BCUT2D eigenvalue weighted by Gasteiger charge is -2.27. The second-order valence-corrected chi connectivity index (χ2v) is 11.0. The number of esters is 1. The van der Waals surface area contributed by atoms with E-state index in [0.29, 0.717) is 17.0 Å². The van der Waals surface area contributed by atoms with Gasteiger partial charge in [0.2, 0.25) is 0 Å². The zero-order chi connectivity index (χ0) is 27.4. The Balaban J connectivity index is 1.85. The van der Waals surface area contributed by atoms with Crippen molar-refractivity contribution in [1.29, 1.82) is 0 Å². The number of Topliss-reactive ketones (excluding diaryl/α,β-unsaturated/α-hetero) is 1. The summed E-state index contributed by atoms with van der Waals surface area (Å²) in [6, 6.07) is 18.2. The predicted molar refractivity (Wildman–Crippen MR) is 146 cm³/mol. The third kappa shape index (κ3) is 5.36. The molecule has 0 saturated carbocycles. The Kier molecular flexibility index (Phi) is 8.02. The smallest absolute Gasteiger partial charge is 0.330 e. The number of ether oxygens (including phenoxy) is 2. The van der Waals surface area contributed by atoms with Gasteiger partial charge in [0.05, 0.1) is 35.9 Å². The topological polar surface area (TPSA) is 90.0 Å². The number of benzene rings is 3. The van der Waals surface area contributed by atoms with Crippen molar-refractivity contribution in [3.63, 3.8) is 0 Å². The minimum absolute atomic E-state index is 0.00851. The number of anilines is 1. The van der Waals surface area contributed by atoms with Gasteiger partial charge in [-0.25, -0.2) is 13.2 Å². The summed E-state index contributed by atoms with van der Waals surface area (Å²) < 4.78 is 39.9. The van der Waals surface area contributed by atoms with Crippen molar-refractivity contribution in [2.24, 2.45) is 0 Å². The van der Waals surface area contributed by atoms with Crippen LogP contribution in [0.1, 0.15) is 46.3 Å². The van der Waals surface area contributed by atoms with E-state index in [1.807, 2.05) is 26.0 Å². The van der Waals surface area contributed by atoms with E-state index < -0.39 is 28.0 Å². The Hall–Kier alpha value is -3.91. The lowest BCUT2D eigenvalue weighted by molar-refractivity contribution is -0.137. The fourth-order valence-electron chi connectivity index (χ4n) is 4.79. The summed E-state index contributed by atoms with van der Waals surface area (Å²) in [5.74, 6) is -0.873. The standard InChI is InChI=1S/C30H31NO6S/c1-5-37-30(33)17-16-27-25(19-28(32)23-8-6-7-9-29(23)36-4)24-18-21(3)12-15-26(24)31(27)38(34,35)22-13-10-20(2)11-14-22/h6-18,25,27H,5,19H2,1-4H3/b17-16+/t25-,27+/m1/s1. The summed E-state index contributed by atoms with van der Waals surface area (Å²) in [5, 5.41) is 0. The Morgan fingerprint density at radius 1 is 0.974 bits per heavy atom. The molecule has 3 aromatic rings. The van der Waals surface area contributed by atoms with Gasteiger partial charge < -0.3 is 9.47 Å². The number of para-hydroxylation sites is 1. The van der Waals surface area contributed by atoms with Crippen LogP contribution in [0.3, 0.4) is 0 Å². The van der Waals surface area contributed by atoms with Crippen molar-refractivity contribution >= 4 is 27.5 Å². The zero-order valence-corrected chi connectivity index (χ0v) is 22.7. The number of aryl methyl sites for hydroxylation is 2. The van der Waals surface area contributed by atoms with E-state index in [1.54, 1.807) is 61.5 Å². The molecular formula is C30H31NO6S. The highest BCUT2D eigenvalue weighted by Gasteiger charge is 2.44. The predicted octanol–water partition coefficient (Wildman–Crippen LogP) is 5.37. The second-order valence-electron chi connectivity index (χ2n) is 9.21. The first kappa shape index (κ1) is 27.1. The Morgan fingerprint density at radius 2 is 1.66 bits per heavy atom. The number of methoxy groups -OCH3 is 1. The molecule has 8 heteroatoms. The van der Waals surface area contributed by atoms with E-state index in [-0.39, 0.29) is 23.7 Å². The van der Waals surface area contributed by atoms with E-state index in [4.69, 9.17) is 9.47 Å². The molecule has 0 saturated heterocycles. The van der Waals surface area contributed by atoms with E-state index in [2.05, 4.69) is 0 Å². The van der Waals surface area contributed by atoms with Gasteiger partial charge in [-0.15, -0.1) is 0 Å². The number of hydrogen-bond donors (Lipinski definition) is 0. The highest BCUT2D eigenvalue weighted by molar-refractivity contribution is 7.93. The monoisotopic (exact) mass is 533 g/mol. The molecule has 1 heterocycles. The van der Waals surface area contributed by atoms with Crippen LogP contribution in [0.4, 0.5) is 5.69 Å². The Labute approximate surface area is 223 Å². The van der Waals surface area contributed by atoms with Gasteiger partial charge in [-0.3, -0.25) is 9.10 Å². The third-order valence-corrected chi connectivity index (χ3v) is 8.44. The largest absolute Gasteiger partial charge is 0.496 e. The maximum absolute atomic E-state index is 14.0. The summed E-state index contributed by atoms with van der Waals surface area (Å²) in [7, 11) is -2.54. The first-order chi connectivity index (χ1) is 18.2. The van der Waals surface area contributed by atoms with Crippen LogP contribution in [0.2, 0.25) is 0 Å². The van der Waals surface area contributed by atoms with Gasteiger partial charge in [0, 0.05) is 18.4 Å². The lowest BCUT2D eigenvalue weighted by Crippen LogP contribution is -2.38. The molecule has 0 aromatic heterocycles. The second kappa shape index (κ2) is 11.2. The number of nitrogens with zero attached hydrogens (tertiary/aromatic N) is 1. The molecule has 2 atom stereocenters. The molecule has 0 N–H and O–H groups in total. The van der Waals surface area contributed by atoms with E-state index in [9.17, 15) is 18.0 Å². The van der Waals surface area contributed by atoms with Gasteiger partial charge in [0.15, 0.2) is 5.78 Å². The number of ketones is 1. The molecule has 1 aliphatic rings. The highest BCUT2D eigenvalue weighted by Crippen LogP contribution is 2.47. The van der Waals surface area contributed by atoms with Crippen LogP contribution < -0.4 is 9.04 Å². The molecule has 7 nitrogen and oxygen atoms in total. The van der Waals surface area contributed by atoms with Gasteiger partial charge in [0.1, 0.15) is 5.75 Å². The maximum Gasteiger partial charge on any atom is 0.330 e. The average molecular weight is 534 g/mol. The molecule has 0 aliphatic carbocycles. The zero-order valence-electron chi connectivity index (χ0n) is 21.9. The molecular weight excluding hydrogens is 502 g/mol. The summed E-state index contributed by atoms with van der Waals surface area (Å²) in [6.07, 6.45) is 2.78. The van der Waals surface area contributed by atoms with Crippen LogP contribution in [-0.4, -0.2) is 39.9 Å². The molecule has 0 bridgehead atoms. The SMILES string of the molecule is CCOC(=O)/C=C/[C@H]1[C@H](CC(=O)c2ccccc2OC)c2cc(C)ccc2N1S(=O)(=O)c1ccc(C)cc1. The van der Waals surface area contributed by atoms with Crippen molar-refractivity contribution < 1.29 is 27.5 Å². The van der Waals surface area contributed by atoms with Crippen molar-refractivity contribution in [3.05, 3.63) is 101 Å². The third-order valence-electron chi connectivity index (χ3n) is 6.61. The van der Waals surface area contributed by atoms with Gasteiger partial charge >= 0.3 is 5.97 Å². The van der Waals surface area contributed by atoms with Gasteiger partial charge in [0.25, 0.3) is 10.0 Å². The Bertz CT molecular complexity index is 1480. The summed E-state index contributed by atoms with van der Waals surface area (Å²) in [4.78, 5) is 26.0. The summed E-state index contributed by atoms with van der Waals surface area (Å²) in [6.45, 7) is 5.69. The van der Waals surface area contributed by atoms with E-state index >= 15 is 0 Å². The summed E-state index contributed by atoms with van der Waals surface area (Å²) in [5.41, 5.74) is 3.48. The molecule has 198 valence electrons. The molecule has 1 aliphatic heterocycles. The minimum atomic E-state index is -4.04. The molecule has 0 radical (unpaired) electrons. The van der Waals surface area contributed by atoms with E-state index in [0.717, 1.165) is 16.7 Å². The number of carbonyl (C=O) groups is 2. The molecule has 0 amide bonds. The van der Waals surface area contributed by atoms with Gasteiger partial charge in [-0.1, -0.05) is 53.6 Å². The number of sulfonamides is 1. The van der Waals surface area contributed by atoms with Crippen molar-refractivity contribution in [2.45, 2.75) is 44.0 Å². The number of hydrogen-bond acceptors (Lipinski definition) is 6. The molecule has 0 spiro atoms. The maximum atomic E-state index is 14.0. The lowest BCUT2D eigenvalue weighted by atomic mass is 9.87. The van der Waals surface area contributed by atoms with Crippen LogP contribution >= 0.6 is 0 Å². The molecule has 0 unspecified atom stereocenters. The van der Waals surface area contributed by atoms with Crippen LogP contribution in [0.15, 0.2) is 83.8 Å². The first-order valence-corrected chi connectivity index (χ1v) is 13.8. The minimum Gasteiger partial charge on any atom is -0.496 e. The van der Waals surface area contributed by atoms with Crippen molar-refractivity contribution in [2.75, 3.05) is 18.0 Å². The molecule has 4 rings (SSSR count). The van der Waals surface area contributed by atoms with Crippen LogP contribution in [0.25, 0.3) is 0 Å². The normalized spacial score (nSPS) is 16.9. The number of fused-ring (bicyclic) bond motifs is 1. The molecule has 38 heavy (non-hydrogen) atoms. The van der Waals surface area contributed by atoms with Crippen LogP contribution in [-0.2, 0) is 19.6 Å². The van der Waals surface area contributed by atoms with Crippen LogP contribution in [0, 0.1) is 13.8 Å². The quantitative estimate of drug-likeness (QED) is 0.209. The van der Waals surface area contributed by atoms with Crippen molar-refractivity contribution in [1.82, 2.24) is 0 Å². The highest BCUT2D eigenvalue weighted by atomic mass is 32.2. The van der Waals surface area contributed by atoms with Crippen LogP contribution in [0.5, 0.6) is 5.75 Å². The summed E-state index contributed by atoms with van der Waals surface area (Å²) >= 11 is 0. The van der Waals surface area contributed by atoms with E-state index in [1.165, 1.54) is 23.6 Å². The first-order valence-electron chi connectivity index (χ1n) is 12.4. The van der Waals surface area contributed by atoms with Crippen molar-refractivity contribution in [3.8, 4) is 5.75 Å². The Morgan fingerprint density at radius 3 is 2.34 bits per heavy atom. The average Bonchev–Trinajstić information content (AvgIpc) is 3.20. The number of rotatable bonds is 9. The van der Waals surface area contributed by atoms with Gasteiger partial charge in [-0.2, -0.15) is 0 Å². The number of carbonyl (C=O) groups excluding carboxylic acids is 2. The molecule has 3 aromatic carbocycles. The fourth-order valence-corrected chi connectivity index (χ4v) is 6.46.